The molecule has 2 heterocycles. The van der Waals surface area contributed by atoms with Crippen LogP contribution in [-0.4, -0.2) is 51.0 Å². The summed E-state index contributed by atoms with van der Waals surface area (Å²) in [6, 6.07) is 13.5. The molecule has 1 saturated heterocycles. The zero-order chi connectivity index (χ0) is 27.5. The predicted molar refractivity (Wildman–Crippen MR) is 131 cm³/mol. The van der Waals surface area contributed by atoms with E-state index >= 15 is 0 Å². The van der Waals surface area contributed by atoms with Crippen molar-refractivity contribution < 1.29 is 31.9 Å². The summed E-state index contributed by atoms with van der Waals surface area (Å²) in [7, 11) is 0. The molecule has 1 aliphatic rings. The van der Waals surface area contributed by atoms with Gasteiger partial charge in [-0.3, -0.25) is 10.00 Å². The highest BCUT2D eigenvalue weighted by Crippen LogP contribution is 2.42. The van der Waals surface area contributed by atoms with Crippen LogP contribution >= 0.6 is 11.6 Å². The third-order valence-electron chi connectivity index (χ3n) is 6.30. The van der Waals surface area contributed by atoms with Gasteiger partial charge in [0.25, 0.3) is 0 Å². The van der Waals surface area contributed by atoms with Crippen LogP contribution in [0.4, 0.5) is 22.0 Å². The molecule has 1 aliphatic heterocycles. The van der Waals surface area contributed by atoms with Crippen molar-refractivity contribution >= 4 is 17.6 Å². The quantitative estimate of drug-likeness (QED) is 0.349. The second kappa shape index (κ2) is 11.2. The van der Waals surface area contributed by atoms with Gasteiger partial charge in [0.1, 0.15) is 11.6 Å². The number of carboxylic acid groups (broad SMARTS) is 1. The predicted octanol–water partition coefficient (Wildman–Crippen LogP) is 7.01. The number of benzene rings is 2. The average molecular weight is 544 g/mol. The van der Waals surface area contributed by atoms with Gasteiger partial charge in [0.15, 0.2) is 0 Å². The minimum atomic E-state index is -5.08. The minimum absolute atomic E-state index is 0.0256. The fraction of sp³-hybridized carbons (Fsp3) is 0.385. The number of carboxylic acids is 1. The first-order valence-electron chi connectivity index (χ1n) is 11.5. The van der Waals surface area contributed by atoms with E-state index in [1.165, 1.54) is 6.07 Å². The lowest BCUT2D eigenvalue weighted by atomic mass is 9.77. The Hall–Kier alpha value is -2.98. The monoisotopic (exact) mass is 543 g/mol. The molecule has 1 fully saturated rings. The van der Waals surface area contributed by atoms with E-state index in [0.29, 0.717) is 17.1 Å². The fourth-order valence-electron chi connectivity index (χ4n) is 4.35. The van der Waals surface area contributed by atoms with Crippen molar-refractivity contribution in [3.8, 4) is 11.3 Å². The van der Waals surface area contributed by atoms with Crippen LogP contribution in [0.3, 0.4) is 0 Å². The Balaban J connectivity index is 0.000000479. The highest BCUT2D eigenvalue weighted by Gasteiger charge is 2.39. The number of piperidine rings is 1. The Morgan fingerprint density at radius 3 is 2.22 bits per heavy atom. The summed E-state index contributed by atoms with van der Waals surface area (Å²) in [5, 5.41) is 15.5. The van der Waals surface area contributed by atoms with Crippen molar-refractivity contribution in [2.75, 3.05) is 13.1 Å². The van der Waals surface area contributed by atoms with Gasteiger partial charge < -0.3 is 5.11 Å². The smallest absolute Gasteiger partial charge is 0.475 e. The van der Waals surface area contributed by atoms with Gasteiger partial charge >= 0.3 is 12.1 Å². The van der Waals surface area contributed by atoms with Crippen molar-refractivity contribution in [2.45, 2.75) is 50.7 Å². The minimum Gasteiger partial charge on any atom is -0.475 e. The Morgan fingerprint density at radius 2 is 1.68 bits per heavy atom. The van der Waals surface area contributed by atoms with E-state index in [4.69, 9.17) is 21.5 Å². The molecule has 0 radical (unpaired) electrons. The highest BCUT2D eigenvalue weighted by molar-refractivity contribution is 6.30. The number of nitrogens with one attached hydrogen (secondary N) is 1. The maximum atomic E-state index is 14.8. The van der Waals surface area contributed by atoms with E-state index in [1.807, 2.05) is 30.3 Å². The fourth-order valence-corrected chi connectivity index (χ4v) is 4.47. The van der Waals surface area contributed by atoms with Crippen LogP contribution in [0.1, 0.15) is 50.3 Å². The van der Waals surface area contributed by atoms with E-state index in [1.54, 1.807) is 6.07 Å². The molecular formula is C26H27ClF5N3O2. The van der Waals surface area contributed by atoms with Crippen molar-refractivity contribution in [1.29, 1.82) is 0 Å². The largest absolute Gasteiger partial charge is 0.490 e. The van der Waals surface area contributed by atoms with Crippen molar-refractivity contribution in [3.05, 3.63) is 76.4 Å². The number of rotatable bonds is 3. The molecule has 2 atom stereocenters. The summed E-state index contributed by atoms with van der Waals surface area (Å²) in [4.78, 5) is 11.3. The van der Waals surface area contributed by atoms with Crippen molar-refractivity contribution in [1.82, 2.24) is 15.1 Å². The van der Waals surface area contributed by atoms with Gasteiger partial charge in [-0.15, -0.1) is 0 Å². The van der Waals surface area contributed by atoms with Crippen LogP contribution in [0.25, 0.3) is 11.3 Å². The number of aromatic nitrogens is 2. The second-order valence-corrected chi connectivity index (χ2v) is 10.2. The van der Waals surface area contributed by atoms with Gasteiger partial charge in [0.2, 0.25) is 0 Å². The molecule has 2 N–H and O–H groups in total. The lowest BCUT2D eigenvalue weighted by Crippen LogP contribution is -2.48. The van der Waals surface area contributed by atoms with E-state index < -0.39 is 23.8 Å². The highest BCUT2D eigenvalue weighted by atomic mass is 35.5. The molecular weight excluding hydrogens is 517 g/mol. The molecule has 0 unspecified atom stereocenters. The molecule has 0 spiro atoms. The molecule has 4 rings (SSSR count). The Morgan fingerprint density at radius 1 is 1.05 bits per heavy atom. The number of carbonyl (C=O) groups is 1. The SMILES string of the molecule is CC(C)(C)N1CC[C@@H](c2cc(-c3ccc(Cl)cc3)n[nH]2)[C@H](c2ccc(F)cc2F)C1.O=C(O)C(F)(F)F. The molecule has 1 aromatic heterocycles. The number of aliphatic carboxylic acids is 1. The van der Waals surface area contributed by atoms with Gasteiger partial charge in [0, 0.05) is 46.3 Å². The van der Waals surface area contributed by atoms with Crippen LogP contribution in [0.2, 0.25) is 5.02 Å². The van der Waals surface area contributed by atoms with E-state index in [9.17, 15) is 22.0 Å². The summed E-state index contributed by atoms with van der Waals surface area (Å²) >= 11 is 5.99. The van der Waals surface area contributed by atoms with Gasteiger partial charge in [-0.2, -0.15) is 18.3 Å². The van der Waals surface area contributed by atoms with Crippen LogP contribution in [-0.2, 0) is 4.79 Å². The summed E-state index contributed by atoms with van der Waals surface area (Å²) < 4.78 is 60.0. The number of halogens is 6. The van der Waals surface area contributed by atoms with Crippen LogP contribution in [0, 0.1) is 11.6 Å². The van der Waals surface area contributed by atoms with Gasteiger partial charge in [-0.1, -0.05) is 29.8 Å². The standard InChI is InChI=1S/C24H26ClF2N3.C2HF3O2/c1-24(2,3)30-11-10-19(20(14-30)18-9-8-17(26)12-21(18)27)23-13-22(28-29-23)15-4-6-16(25)7-5-15;3-2(4,5)1(6)7/h4-9,12-13,19-20H,10-11,14H2,1-3H3,(H,28,29);(H,6,7)/t19-,20+;/m1./s1. The van der Waals surface area contributed by atoms with Crippen LogP contribution in [0.15, 0.2) is 48.5 Å². The zero-order valence-corrected chi connectivity index (χ0v) is 21.2. The molecule has 0 aliphatic carbocycles. The number of aromatic amines is 1. The molecule has 11 heteroatoms. The van der Waals surface area contributed by atoms with Crippen LogP contribution in [0.5, 0.6) is 0 Å². The number of alkyl halides is 3. The molecule has 200 valence electrons. The molecule has 0 amide bonds. The van der Waals surface area contributed by atoms with Crippen molar-refractivity contribution in [2.24, 2.45) is 0 Å². The summed E-state index contributed by atoms with van der Waals surface area (Å²) in [5.74, 6) is -3.83. The number of likely N-dealkylation sites (tertiary alicyclic amines) is 1. The number of H-pyrrole nitrogens is 1. The molecule has 0 bridgehead atoms. The Bertz CT molecular complexity index is 1220. The zero-order valence-electron chi connectivity index (χ0n) is 20.4. The Kier molecular flexibility index (Phi) is 8.64. The van der Waals surface area contributed by atoms with E-state index in [2.05, 4.69) is 35.9 Å². The molecule has 2 aromatic carbocycles. The van der Waals surface area contributed by atoms with E-state index in [-0.39, 0.29) is 17.4 Å². The maximum absolute atomic E-state index is 14.8. The molecule has 37 heavy (non-hydrogen) atoms. The first kappa shape index (κ1) is 28.6. The first-order chi connectivity index (χ1) is 17.2. The average Bonchev–Trinajstić information content (AvgIpc) is 3.28. The number of nitrogens with zero attached hydrogens (tertiary/aromatic N) is 2. The van der Waals surface area contributed by atoms with Crippen molar-refractivity contribution in [3.63, 3.8) is 0 Å². The third-order valence-corrected chi connectivity index (χ3v) is 6.56. The lowest BCUT2D eigenvalue weighted by Gasteiger charge is -2.45. The topological polar surface area (TPSA) is 69.2 Å². The maximum Gasteiger partial charge on any atom is 0.490 e. The number of hydrogen-bond acceptors (Lipinski definition) is 3. The van der Waals surface area contributed by atoms with Crippen LogP contribution < -0.4 is 0 Å². The van der Waals surface area contributed by atoms with Gasteiger partial charge in [0.05, 0.1) is 5.69 Å². The third kappa shape index (κ3) is 7.29. The Labute approximate surface area is 216 Å². The summed E-state index contributed by atoms with van der Waals surface area (Å²) in [6.07, 6.45) is -4.22. The van der Waals surface area contributed by atoms with Gasteiger partial charge in [-0.05, 0) is 63.6 Å². The summed E-state index contributed by atoms with van der Waals surface area (Å²) in [6.45, 7) is 8.11. The normalized spacial score (nSPS) is 18.7. The van der Waals surface area contributed by atoms with Gasteiger partial charge in [-0.25, -0.2) is 13.6 Å². The molecule has 5 nitrogen and oxygen atoms in total. The second-order valence-electron chi connectivity index (χ2n) is 9.80. The molecule has 3 aromatic rings. The first-order valence-corrected chi connectivity index (χ1v) is 11.9. The number of hydrogen-bond donors (Lipinski definition) is 2. The lowest BCUT2D eigenvalue weighted by molar-refractivity contribution is -0.192. The molecule has 0 saturated carbocycles. The summed E-state index contributed by atoms with van der Waals surface area (Å²) in [5.41, 5.74) is 3.30. The van der Waals surface area contributed by atoms with E-state index in [0.717, 1.165) is 36.0 Å².